The molecule has 0 aromatic carbocycles. The van der Waals surface area contributed by atoms with E-state index in [9.17, 15) is 21.9 Å². The molecule has 1 rings (SSSR count). The van der Waals surface area contributed by atoms with Gasteiger partial charge in [0.05, 0.1) is 12.3 Å². The lowest BCUT2D eigenvalue weighted by Gasteiger charge is -2.38. The van der Waals surface area contributed by atoms with Gasteiger partial charge in [-0.15, -0.1) is 0 Å². The van der Waals surface area contributed by atoms with Crippen molar-refractivity contribution in [1.29, 1.82) is 0 Å². The molecule has 8 heteroatoms. The van der Waals surface area contributed by atoms with E-state index in [2.05, 4.69) is 6.58 Å². The minimum Gasteiger partial charge on any atom is -0.392 e. The first-order chi connectivity index (χ1) is 9.27. The molecule has 4 nitrogen and oxygen atoms in total. The van der Waals surface area contributed by atoms with Crippen LogP contribution in [0.3, 0.4) is 0 Å². The van der Waals surface area contributed by atoms with Gasteiger partial charge >= 0.3 is 6.18 Å². The molecule has 0 aliphatic carbocycles. The molecule has 112 valence electrons. The minimum atomic E-state index is -4.79. The second-order valence-electron chi connectivity index (χ2n) is 3.91. The Labute approximate surface area is 117 Å². The van der Waals surface area contributed by atoms with Crippen molar-refractivity contribution in [3.05, 3.63) is 47.7 Å². The van der Waals surface area contributed by atoms with Crippen LogP contribution in [-0.4, -0.2) is 37.0 Å². The molecule has 0 bridgehead atoms. The van der Waals surface area contributed by atoms with Gasteiger partial charge in [0.25, 0.3) is 11.3 Å². The summed E-state index contributed by atoms with van der Waals surface area (Å²) >= 11 is -2.89. The van der Waals surface area contributed by atoms with Crippen molar-refractivity contribution < 1.29 is 27.0 Å². The second kappa shape index (κ2) is 6.38. The number of aliphatic hydroxyl groups is 1. The standard InChI is InChI=1S/C12H14F3NO3S/c1-3-5-8-6-9(7-17)11(12(13,14)15)16(20(18)19)10(8)4-2/h3-6,11,17H,1,7H2,2H3,(H,18,19)/b8-5-,10-4+/t11-/m0/s1. The lowest BCUT2D eigenvalue weighted by molar-refractivity contribution is -0.160. The SMILES string of the molecule is C=C/C=C1/C=C(CO)[C@@H](C(F)(F)F)N(S(=O)O)/C1=C/C. The number of nitrogens with zero attached hydrogens (tertiary/aromatic N) is 1. The largest absolute Gasteiger partial charge is 0.413 e. The van der Waals surface area contributed by atoms with Crippen molar-refractivity contribution in [3.8, 4) is 0 Å². The predicted molar refractivity (Wildman–Crippen MR) is 69.7 cm³/mol. The summed E-state index contributed by atoms with van der Waals surface area (Å²) in [5.41, 5.74) is -0.182. The molecule has 0 aromatic heterocycles. The fourth-order valence-electron chi connectivity index (χ4n) is 1.97. The number of alkyl halides is 3. The molecule has 0 fully saturated rings. The maximum atomic E-state index is 13.1. The van der Waals surface area contributed by atoms with E-state index in [0.29, 0.717) is 4.31 Å². The maximum absolute atomic E-state index is 13.1. The van der Waals surface area contributed by atoms with Crippen LogP contribution in [0.2, 0.25) is 0 Å². The summed E-state index contributed by atoms with van der Waals surface area (Å²) in [6, 6.07) is -2.34. The molecule has 1 aliphatic rings. The van der Waals surface area contributed by atoms with Gasteiger partial charge in [0.1, 0.15) is 0 Å². The van der Waals surface area contributed by atoms with Gasteiger partial charge in [-0.3, -0.25) is 8.86 Å². The van der Waals surface area contributed by atoms with E-state index in [0.717, 1.165) is 6.08 Å². The number of halogens is 3. The van der Waals surface area contributed by atoms with Gasteiger partial charge in [-0.2, -0.15) is 13.2 Å². The molecule has 0 spiro atoms. The topological polar surface area (TPSA) is 60.8 Å². The Balaban J connectivity index is 3.57. The Kier molecular flexibility index (Phi) is 5.32. The molecular formula is C12H14F3NO3S. The monoisotopic (exact) mass is 309 g/mol. The highest BCUT2D eigenvalue weighted by molar-refractivity contribution is 7.76. The molecule has 0 amide bonds. The van der Waals surface area contributed by atoms with Crippen molar-refractivity contribution in [2.75, 3.05) is 6.61 Å². The van der Waals surface area contributed by atoms with Crippen LogP contribution in [0.25, 0.3) is 0 Å². The van der Waals surface area contributed by atoms with E-state index in [1.165, 1.54) is 25.2 Å². The Morgan fingerprint density at radius 2 is 2.15 bits per heavy atom. The highest BCUT2D eigenvalue weighted by Gasteiger charge is 2.50. The van der Waals surface area contributed by atoms with E-state index in [1.54, 1.807) is 0 Å². The first kappa shape index (κ1) is 16.7. The molecule has 1 unspecified atom stereocenters. The average molecular weight is 309 g/mol. The Bertz CT molecular complexity index is 509. The van der Waals surface area contributed by atoms with Gasteiger partial charge in [0, 0.05) is 0 Å². The lowest BCUT2D eigenvalue weighted by atomic mass is 9.96. The molecule has 0 radical (unpaired) electrons. The molecule has 1 heterocycles. The van der Waals surface area contributed by atoms with Crippen LogP contribution in [-0.2, 0) is 11.3 Å². The van der Waals surface area contributed by atoms with Crippen LogP contribution in [0.4, 0.5) is 13.2 Å². The quantitative estimate of drug-likeness (QED) is 0.787. The number of rotatable bonds is 3. The Hall–Kier alpha value is -1.38. The zero-order valence-corrected chi connectivity index (χ0v) is 11.4. The van der Waals surface area contributed by atoms with Crippen molar-refractivity contribution in [3.63, 3.8) is 0 Å². The molecule has 0 aromatic rings. The van der Waals surface area contributed by atoms with Crippen LogP contribution >= 0.6 is 0 Å². The van der Waals surface area contributed by atoms with Crippen molar-refractivity contribution in [2.24, 2.45) is 0 Å². The fourth-order valence-corrected chi connectivity index (χ4v) is 2.79. The van der Waals surface area contributed by atoms with Crippen LogP contribution in [0, 0.1) is 0 Å². The van der Waals surface area contributed by atoms with Gasteiger partial charge in [-0.05, 0) is 24.1 Å². The first-order valence-electron chi connectivity index (χ1n) is 5.55. The Morgan fingerprint density at radius 3 is 2.50 bits per heavy atom. The molecule has 0 saturated carbocycles. The van der Waals surface area contributed by atoms with Gasteiger partial charge in [0.2, 0.25) is 0 Å². The molecular weight excluding hydrogens is 295 g/mol. The van der Waals surface area contributed by atoms with Crippen LogP contribution < -0.4 is 0 Å². The highest BCUT2D eigenvalue weighted by Crippen LogP contribution is 2.39. The molecule has 2 atom stereocenters. The van der Waals surface area contributed by atoms with E-state index < -0.39 is 35.7 Å². The van der Waals surface area contributed by atoms with Gasteiger partial charge in [0.15, 0.2) is 6.04 Å². The third kappa shape index (κ3) is 3.20. The highest BCUT2D eigenvalue weighted by atomic mass is 32.2. The summed E-state index contributed by atoms with van der Waals surface area (Å²) in [6.45, 7) is 4.02. The zero-order valence-electron chi connectivity index (χ0n) is 10.6. The third-order valence-corrected chi connectivity index (χ3v) is 3.44. The average Bonchev–Trinajstić information content (AvgIpc) is 2.35. The van der Waals surface area contributed by atoms with Gasteiger partial charge in [-0.1, -0.05) is 24.8 Å². The normalized spacial score (nSPS) is 25.8. The zero-order chi connectivity index (χ0) is 15.5. The summed E-state index contributed by atoms with van der Waals surface area (Å²) in [5, 5.41) is 9.12. The van der Waals surface area contributed by atoms with E-state index in [-0.39, 0.29) is 11.3 Å². The number of hydrogen-bond acceptors (Lipinski definition) is 2. The Morgan fingerprint density at radius 1 is 1.55 bits per heavy atom. The van der Waals surface area contributed by atoms with Crippen LogP contribution in [0.5, 0.6) is 0 Å². The summed E-state index contributed by atoms with van der Waals surface area (Å²) in [6.07, 6.45) is 0.403. The van der Waals surface area contributed by atoms with Crippen molar-refractivity contribution in [1.82, 2.24) is 4.31 Å². The lowest BCUT2D eigenvalue weighted by Crippen LogP contribution is -2.50. The molecule has 2 N–H and O–H groups in total. The fraction of sp³-hybridized carbons (Fsp3) is 0.333. The van der Waals surface area contributed by atoms with E-state index in [4.69, 9.17) is 5.11 Å². The summed E-state index contributed by atoms with van der Waals surface area (Å²) < 4.78 is 60.2. The number of aliphatic hydroxyl groups excluding tert-OH is 1. The molecule has 0 saturated heterocycles. The summed E-state index contributed by atoms with van der Waals surface area (Å²) in [7, 11) is 0. The first-order valence-corrected chi connectivity index (χ1v) is 6.61. The maximum Gasteiger partial charge on any atom is 0.413 e. The number of allylic oxidation sites excluding steroid dienone is 4. The summed E-state index contributed by atoms with van der Waals surface area (Å²) in [5.74, 6) is 0. The van der Waals surface area contributed by atoms with E-state index >= 15 is 0 Å². The minimum absolute atomic E-state index is 0.0507. The van der Waals surface area contributed by atoms with Crippen LogP contribution in [0.1, 0.15) is 6.92 Å². The van der Waals surface area contributed by atoms with Crippen molar-refractivity contribution >= 4 is 11.3 Å². The predicted octanol–water partition coefficient (Wildman–Crippen LogP) is 2.30. The molecule has 1 aliphatic heterocycles. The van der Waals surface area contributed by atoms with Crippen molar-refractivity contribution in [2.45, 2.75) is 19.1 Å². The number of hydrogen-bond donors (Lipinski definition) is 2. The van der Waals surface area contributed by atoms with Gasteiger partial charge < -0.3 is 5.11 Å². The third-order valence-electron chi connectivity index (χ3n) is 2.69. The van der Waals surface area contributed by atoms with E-state index in [1.807, 2.05) is 0 Å². The second-order valence-corrected chi connectivity index (χ2v) is 4.76. The smallest absolute Gasteiger partial charge is 0.392 e. The van der Waals surface area contributed by atoms with Gasteiger partial charge in [-0.25, -0.2) is 4.21 Å². The summed E-state index contributed by atoms with van der Waals surface area (Å²) in [4.78, 5) is 0. The molecule has 20 heavy (non-hydrogen) atoms. The van der Waals surface area contributed by atoms with Crippen LogP contribution in [0.15, 0.2) is 47.7 Å².